The van der Waals surface area contributed by atoms with Crippen molar-refractivity contribution in [3.8, 4) is 5.75 Å². The number of carbonyl (C=O) groups is 2. The van der Waals surface area contributed by atoms with E-state index in [9.17, 15) is 14.7 Å². The maximum atomic E-state index is 12.7. The standard InChI is InChI=1S/C19H16ClNO4S/c1-25-12-8-6-11(7-9-12)14(10-16(22)23)21-19(24)18-17(20)13-4-2-3-5-15(13)26-18/h2-9,14H,10H2,1H3,(H,21,24)(H,22,23)/p-1/t14-/m1/s1. The summed E-state index contributed by atoms with van der Waals surface area (Å²) < 4.78 is 5.99. The van der Waals surface area contributed by atoms with Gasteiger partial charge in [0.25, 0.3) is 5.91 Å². The molecule has 7 heteroatoms. The molecule has 1 heterocycles. The van der Waals surface area contributed by atoms with Crippen LogP contribution in [0.25, 0.3) is 10.1 Å². The molecule has 134 valence electrons. The first kappa shape index (κ1) is 18.2. The van der Waals surface area contributed by atoms with Crippen LogP contribution in [0.5, 0.6) is 5.75 Å². The lowest BCUT2D eigenvalue weighted by atomic mass is 10.0. The van der Waals surface area contributed by atoms with Gasteiger partial charge in [0.05, 0.1) is 18.2 Å². The summed E-state index contributed by atoms with van der Waals surface area (Å²) in [7, 11) is 1.54. The third-order valence-corrected chi connectivity index (χ3v) is 5.61. The number of halogens is 1. The van der Waals surface area contributed by atoms with Crippen molar-refractivity contribution in [3.05, 3.63) is 64.0 Å². The van der Waals surface area contributed by atoms with Crippen molar-refractivity contribution in [3.63, 3.8) is 0 Å². The summed E-state index contributed by atoms with van der Waals surface area (Å²) in [5.41, 5.74) is 0.639. The number of aliphatic carboxylic acids is 1. The molecule has 3 rings (SSSR count). The quantitative estimate of drug-likeness (QED) is 0.703. The van der Waals surface area contributed by atoms with Crippen LogP contribution in [0.4, 0.5) is 0 Å². The highest BCUT2D eigenvalue weighted by Crippen LogP contribution is 2.35. The molecule has 0 spiro atoms. The summed E-state index contributed by atoms with van der Waals surface area (Å²) in [5.74, 6) is -1.04. The zero-order valence-electron chi connectivity index (χ0n) is 13.8. The molecule has 0 aliphatic carbocycles. The van der Waals surface area contributed by atoms with E-state index in [-0.39, 0.29) is 6.42 Å². The van der Waals surface area contributed by atoms with Gasteiger partial charge in [0.15, 0.2) is 0 Å². The number of carboxylic acid groups (broad SMARTS) is 1. The van der Waals surface area contributed by atoms with E-state index in [1.165, 1.54) is 11.3 Å². The van der Waals surface area contributed by atoms with Crippen molar-refractivity contribution < 1.29 is 19.4 Å². The Kier molecular flexibility index (Phi) is 5.44. The Labute approximate surface area is 159 Å². The first-order valence-corrected chi connectivity index (χ1v) is 9.00. The summed E-state index contributed by atoms with van der Waals surface area (Å²) >= 11 is 7.60. The van der Waals surface area contributed by atoms with Crippen LogP contribution >= 0.6 is 22.9 Å². The van der Waals surface area contributed by atoms with Crippen molar-refractivity contribution in [2.75, 3.05) is 7.11 Å². The predicted octanol–water partition coefficient (Wildman–Crippen LogP) is 3.17. The second-order valence-corrected chi connectivity index (χ2v) is 7.05. The number of hydrogen-bond acceptors (Lipinski definition) is 5. The lowest BCUT2D eigenvalue weighted by Gasteiger charge is -2.20. The molecule has 0 aliphatic heterocycles. The molecule has 0 bridgehead atoms. The molecule has 2 aromatic carbocycles. The molecule has 5 nitrogen and oxygen atoms in total. The summed E-state index contributed by atoms with van der Waals surface area (Å²) in [6, 6.07) is 13.5. The van der Waals surface area contributed by atoms with E-state index in [1.807, 2.05) is 24.3 Å². The number of methoxy groups -OCH3 is 1. The number of carboxylic acids is 1. The summed E-state index contributed by atoms with van der Waals surface area (Å²) in [6.07, 6.45) is -0.347. The molecule has 1 atom stereocenters. The highest BCUT2D eigenvalue weighted by molar-refractivity contribution is 7.21. The number of ether oxygens (including phenoxy) is 1. The first-order valence-electron chi connectivity index (χ1n) is 7.81. The Morgan fingerprint density at radius 3 is 2.50 bits per heavy atom. The fourth-order valence-corrected chi connectivity index (χ4v) is 4.06. The molecule has 3 aromatic rings. The van der Waals surface area contributed by atoms with Gasteiger partial charge in [-0.05, 0) is 23.8 Å². The van der Waals surface area contributed by atoms with Gasteiger partial charge in [0.2, 0.25) is 0 Å². The van der Waals surface area contributed by atoms with Gasteiger partial charge in [0.1, 0.15) is 10.6 Å². The molecule has 0 saturated carbocycles. The molecule has 26 heavy (non-hydrogen) atoms. The number of benzene rings is 2. The van der Waals surface area contributed by atoms with Crippen LogP contribution in [0.3, 0.4) is 0 Å². The Balaban J connectivity index is 1.88. The smallest absolute Gasteiger partial charge is 0.263 e. The van der Waals surface area contributed by atoms with Crippen LogP contribution < -0.4 is 15.2 Å². The van der Waals surface area contributed by atoms with Crippen LogP contribution in [-0.4, -0.2) is 19.0 Å². The van der Waals surface area contributed by atoms with Crippen LogP contribution in [0, 0.1) is 0 Å². The van der Waals surface area contributed by atoms with Crippen molar-refractivity contribution in [1.82, 2.24) is 5.32 Å². The maximum absolute atomic E-state index is 12.7. The Bertz CT molecular complexity index is 952. The highest BCUT2D eigenvalue weighted by Gasteiger charge is 2.21. The Morgan fingerprint density at radius 2 is 1.88 bits per heavy atom. The minimum atomic E-state index is -1.26. The summed E-state index contributed by atoms with van der Waals surface area (Å²) in [4.78, 5) is 24.2. The van der Waals surface area contributed by atoms with Gasteiger partial charge in [-0.25, -0.2) is 0 Å². The molecule has 0 aliphatic rings. The lowest BCUT2D eigenvalue weighted by Crippen LogP contribution is -2.34. The average Bonchev–Trinajstić information content (AvgIpc) is 2.98. The predicted molar refractivity (Wildman–Crippen MR) is 99.7 cm³/mol. The minimum absolute atomic E-state index is 0.347. The van der Waals surface area contributed by atoms with E-state index in [2.05, 4.69) is 5.32 Å². The van der Waals surface area contributed by atoms with Gasteiger partial charge in [0, 0.05) is 22.5 Å². The Hall–Kier alpha value is -2.57. The van der Waals surface area contributed by atoms with Crippen LogP contribution in [0.2, 0.25) is 5.02 Å². The topological polar surface area (TPSA) is 78.5 Å². The van der Waals surface area contributed by atoms with Gasteiger partial charge in [-0.3, -0.25) is 4.79 Å². The van der Waals surface area contributed by atoms with Crippen molar-refractivity contribution in [1.29, 1.82) is 0 Å². The van der Waals surface area contributed by atoms with E-state index in [1.54, 1.807) is 31.4 Å². The average molecular weight is 389 g/mol. The molecule has 0 fully saturated rings. The van der Waals surface area contributed by atoms with Crippen LogP contribution in [-0.2, 0) is 4.79 Å². The lowest BCUT2D eigenvalue weighted by molar-refractivity contribution is -0.306. The molecule has 1 amide bonds. The minimum Gasteiger partial charge on any atom is -0.550 e. The van der Waals surface area contributed by atoms with Gasteiger partial charge in [-0.2, -0.15) is 0 Å². The van der Waals surface area contributed by atoms with E-state index in [0.29, 0.717) is 21.2 Å². The third-order valence-electron chi connectivity index (χ3n) is 3.94. The van der Waals surface area contributed by atoms with E-state index < -0.39 is 17.9 Å². The molecule has 0 radical (unpaired) electrons. The fraction of sp³-hybridized carbons (Fsp3) is 0.158. The molecular weight excluding hydrogens is 374 g/mol. The zero-order valence-corrected chi connectivity index (χ0v) is 15.4. The third kappa shape index (κ3) is 3.81. The van der Waals surface area contributed by atoms with E-state index >= 15 is 0 Å². The van der Waals surface area contributed by atoms with Crippen LogP contribution in [0.15, 0.2) is 48.5 Å². The zero-order chi connectivity index (χ0) is 18.7. The summed E-state index contributed by atoms with van der Waals surface area (Å²) in [6.45, 7) is 0. The monoisotopic (exact) mass is 388 g/mol. The molecule has 0 unspecified atom stereocenters. The van der Waals surface area contributed by atoms with Crippen molar-refractivity contribution >= 4 is 44.9 Å². The largest absolute Gasteiger partial charge is 0.550 e. The number of nitrogens with one attached hydrogen (secondary N) is 1. The van der Waals surface area contributed by atoms with Crippen molar-refractivity contribution in [2.45, 2.75) is 12.5 Å². The molecule has 1 aromatic heterocycles. The number of fused-ring (bicyclic) bond motifs is 1. The van der Waals surface area contributed by atoms with E-state index in [4.69, 9.17) is 16.3 Å². The number of thiophene rings is 1. The summed E-state index contributed by atoms with van der Waals surface area (Å²) in [5, 5.41) is 15.0. The van der Waals surface area contributed by atoms with E-state index in [0.717, 1.165) is 10.1 Å². The van der Waals surface area contributed by atoms with Gasteiger partial charge < -0.3 is 20.0 Å². The van der Waals surface area contributed by atoms with Gasteiger partial charge in [-0.1, -0.05) is 41.9 Å². The normalized spacial score (nSPS) is 11.9. The second kappa shape index (κ2) is 7.76. The molecule has 0 saturated heterocycles. The van der Waals surface area contributed by atoms with Crippen LogP contribution in [0.1, 0.15) is 27.7 Å². The van der Waals surface area contributed by atoms with Gasteiger partial charge in [-0.15, -0.1) is 11.3 Å². The maximum Gasteiger partial charge on any atom is 0.263 e. The van der Waals surface area contributed by atoms with Gasteiger partial charge >= 0.3 is 0 Å². The molecule has 1 N–H and O–H groups in total. The van der Waals surface area contributed by atoms with Crippen molar-refractivity contribution in [2.24, 2.45) is 0 Å². The second-order valence-electron chi connectivity index (χ2n) is 5.62. The number of rotatable bonds is 6. The SMILES string of the molecule is COc1ccc([C@@H](CC(=O)[O-])NC(=O)c2sc3ccccc3c2Cl)cc1. The number of amides is 1. The fourth-order valence-electron chi connectivity index (χ4n) is 2.64. The Morgan fingerprint density at radius 1 is 1.19 bits per heavy atom. The molecular formula is C19H15ClNO4S-. The highest BCUT2D eigenvalue weighted by atomic mass is 35.5. The number of carbonyl (C=O) groups excluding carboxylic acids is 2. The first-order chi connectivity index (χ1) is 12.5. The number of hydrogen-bond donors (Lipinski definition) is 1.